The summed E-state index contributed by atoms with van der Waals surface area (Å²) in [6, 6.07) is 2.15. The molecule has 0 atom stereocenters. The first-order valence-corrected chi connectivity index (χ1v) is 10.1. The zero-order valence-corrected chi connectivity index (χ0v) is 19.4. The molecular weight excluding hydrogens is 591 g/mol. The van der Waals surface area contributed by atoms with Crippen molar-refractivity contribution in [2.45, 2.75) is 12.4 Å². The van der Waals surface area contributed by atoms with E-state index in [4.69, 9.17) is 32.7 Å². The Morgan fingerprint density at radius 3 is 1.34 bits per heavy atom. The van der Waals surface area contributed by atoms with Crippen LogP contribution in [0, 0.1) is 11.6 Å². The fraction of sp³-hybridized carbons (Fsp3) is 0.211. The molecule has 0 saturated carbocycles. The van der Waals surface area contributed by atoms with Crippen LogP contribution < -0.4 is 20.1 Å². The van der Waals surface area contributed by atoms with E-state index in [0.717, 1.165) is 0 Å². The predicted molar refractivity (Wildman–Crippen MR) is 112 cm³/mol. The normalized spacial score (nSPS) is 11.4. The summed E-state index contributed by atoms with van der Waals surface area (Å²) in [5.41, 5.74) is -1.65. The molecule has 2 N–H and O–H groups in total. The van der Waals surface area contributed by atoms with Crippen LogP contribution in [0.2, 0.25) is 10.0 Å². The lowest BCUT2D eigenvalue weighted by Crippen LogP contribution is -2.24. The van der Waals surface area contributed by atoms with Gasteiger partial charge in [-0.15, -0.1) is 0 Å². The van der Waals surface area contributed by atoms with Crippen molar-refractivity contribution < 1.29 is 68.5 Å². The van der Waals surface area contributed by atoms with Crippen LogP contribution in [0.1, 0.15) is 0 Å². The largest absolute Gasteiger partial charge is 0.519 e. The van der Waals surface area contributed by atoms with Gasteiger partial charge in [-0.25, -0.2) is 23.2 Å². The lowest BCUT2D eigenvalue weighted by atomic mass is 10.3. The van der Waals surface area contributed by atoms with Gasteiger partial charge in [0.05, 0.1) is 21.4 Å². The minimum absolute atomic E-state index is 0.503. The first-order valence-electron chi connectivity index (χ1n) is 9.32. The van der Waals surface area contributed by atoms with Gasteiger partial charge >= 0.3 is 30.7 Å². The van der Waals surface area contributed by atoms with Crippen LogP contribution in [0.4, 0.5) is 60.9 Å². The summed E-state index contributed by atoms with van der Waals surface area (Å²) in [4.78, 5) is 35.0. The quantitative estimate of drug-likeness (QED) is 0.207. The fourth-order valence-corrected chi connectivity index (χ4v) is 2.57. The van der Waals surface area contributed by atoms with Crippen molar-refractivity contribution in [3.63, 3.8) is 0 Å². The van der Waals surface area contributed by atoms with E-state index in [2.05, 4.69) is 9.47 Å². The van der Waals surface area contributed by atoms with E-state index in [1.165, 1.54) is 0 Å². The Bertz CT molecular complexity index is 1130. The monoisotopic (exact) mass is 600 g/mol. The van der Waals surface area contributed by atoms with Crippen LogP contribution in [0.3, 0.4) is 0 Å². The van der Waals surface area contributed by atoms with E-state index in [1.807, 2.05) is 0 Å². The van der Waals surface area contributed by atoms with Crippen molar-refractivity contribution in [1.82, 2.24) is 0 Å². The summed E-state index contributed by atoms with van der Waals surface area (Å²) in [6.45, 7) is -3.97. The Morgan fingerprint density at radius 2 is 1.03 bits per heavy atom. The molecule has 0 heterocycles. The fourth-order valence-electron chi connectivity index (χ4n) is 2.19. The number of nitrogens with one attached hydrogen (secondary N) is 2. The van der Waals surface area contributed by atoms with Crippen LogP contribution in [0.5, 0.6) is 11.5 Å². The van der Waals surface area contributed by atoms with Crippen LogP contribution in [0.15, 0.2) is 24.3 Å². The molecular formula is C19H10Cl2F8N2O7. The molecule has 0 unspecified atom stereocenters. The van der Waals surface area contributed by atoms with E-state index in [-0.39, 0.29) is 0 Å². The van der Waals surface area contributed by atoms with Gasteiger partial charge in [0.1, 0.15) is 11.6 Å². The van der Waals surface area contributed by atoms with E-state index >= 15 is 0 Å². The number of carbonyl (C=O) groups is 3. The number of hydrogen-bond acceptors (Lipinski definition) is 7. The second-order valence-electron chi connectivity index (χ2n) is 6.61. The van der Waals surface area contributed by atoms with Crippen LogP contribution >= 0.6 is 23.2 Å². The average Bonchev–Trinajstić information content (AvgIpc) is 2.76. The highest BCUT2D eigenvalue weighted by atomic mass is 35.5. The maximum Gasteiger partial charge on any atom is 0.519 e. The standard InChI is InChI=1S/C19H10Cl2F8N2O7/c20-7-1-9(22)11(30-15(32)35-5-18(24,25)26)3-13(7)37-17(34)38-14-4-12(10(23)2-8(14)21)31-16(33)36-6-19(27,28)29/h1-4H,5-6H2,(H,30,32)(H,31,33). The molecule has 2 aromatic carbocycles. The van der Waals surface area contributed by atoms with Gasteiger partial charge in [0.2, 0.25) is 0 Å². The summed E-state index contributed by atoms with van der Waals surface area (Å²) < 4.78 is 118. The molecule has 38 heavy (non-hydrogen) atoms. The molecule has 0 fully saturated rings. The number of hydrogen-bond donors (Lipinski definition) is 2. The average molecular weight is 601 g/mol. The SMILES string of the molecule is O=C(Nc1cc(OC(=O)Oc2cc(NC(=O)OCC(F)(F)F)c(F)cc2Cl)c(Cl)cc1F)OCC(F)(F)F. The third-order valence-corrected chi connectivity index (χ3v) is 4.23. The highest BCUT2D eigenvalue weighted by Crippen LogP contribution is 2.34. The van der Waals surface area contributed by atoms with Crippen molar-refractivity contribution in [1.29, 1.82) is 0 Å². The van der Waals surface area contributed by atoms with Gasteiger partial charge in [-0.3, -0.25) is 10.6 Å². The molecule has 0 saturated heterocycles. The van der Waals surface area contributed by atoms with Crippen molar-refractivity contribution in [3.05, 3.63) is 45.9 Å². The summed E-state index contributed by atoms with van der Waals surface area (Å²) in [5.74, 6) is -3.93. The number of carbonyl (C=O) groups excluding carboxylic acids is 3. The first kappa shape index (κ1) is 30.5. The molecule has 208 valence electrons. The lowest BCUT2D eigenvalue weighted by Gasteiger charge is -2.13. The summed E-state index contributed by atoms with van der Waals surface area (Å²) in [5, 5.41) is 2.07. The summed E-state index contributed by atoms with van der Waals surface area (Å²) in [6.07, 6.45) is -14.8. The molecule has 0 spiro atoms. The molecule has 0 aromatic heterocycles. The van der Waals surface area contributed by atoms with Crippen molar-refractivity contribution in [3.8, 4) is 11.5 Å². The van der Waals surface area contributed by atoms with Gasteiger partial charge in [-0.1, -0.05) is 23.2 Å². The Morgan fingerprint density at radius 1 is 0.684 bits per heavy atom. The Hall–Kier alpha value is -3.73. The lowest BCUT2D eigenvalue weighted by molar-refractivity contribution is -0.159. The second-order valence-corrected chi connectivity index (χ2v) is 7.43. The smallest absolute Gasteiger partial charge is 0.440 e. The molecule has 0 bridgehead atoms. The van der Waals surface area contributed by atoms with Crippen LogP contribution in [-0.4, -0.2) is 43.9 Å². The van der Waals surface area contributed by atoms with Gasteiger partial charge in [0.15, 0.2) is 24.7 Å². The summed E-state index contributed by atoms with van der Waals surface area (Å²) in [7, 11) is 0. The number of halogens is 10. The zero-order chi connectivity index (χ0) is 28.8. The first-order chi connectivity index (χ1) is 17.4. The third-order valence-electron chi connectivity index (χ3n) is 3.64. The number of ether oxygens (including phenoxy) is 4. The topological polar surface area (TPSA) is 112 Å². The van der Waals surface area contributed by atoms with Crippen molar-refractivity contribution in [2.75, 3.05) is 23.8 Å². The predicted octanol–water partition coefficient (Wildman–Crippen LogP) is 7.07. The maximum absolute atomic E-state index is 14.0. The van der Waals surface area contributed by atoms with Crippen molar-refractivity contribution >= 4 is 52.9 Å². The number of amides is 2. The molecule has 0 aliphatic carbocycles. The molecule has 2 aromatic rings. The number of rotatable bonds is 6. The number of alkyl halides is 6. The molecule has 0 aliphatic heterocycles. The van der Waals surface area contributed by atoms with Gasteiger partial charge in [0.25, 0.3) is 0 Å². The molecule has 2 rings (SSSR count). The molecule has 9 nitrogen and oxygen atoms in total. The van der Waals surface area contributed by atoms with E-state index in [0.29, 0.717) is 24.3 Å². The Balaban J connectivity index is 2.12. The molecule has 0 aliphatic rings. The third kappa shape index (κ3) is 9.97. The Kier molecular flexibility index (Phi) is 9.80. The van der Waals surface area contributed by atoms with Gasteiger partial charge in [-0.2, -0.15) is 26.3 Å². The highest BCUT2D eigenvalue weighted by Gasteiger charge is 2.31. The van der Waals surface area contributed by atoms with Gasteiger partial charge in [-0.05, 0) is 12.1 Å². The second kappa shape index (κ2) is 12.2. The minimum Gasteiger partial charge on any atom is -0.440 e. The van der Waals surface area contributed by atoms with Crippen molar-refractivity contribution in [2.24, 2.45) is 0 Å². The molecule has 0 radical (unpaired) electrons. The molecule has 19 heteroatoms. The Labute approximate surface area is 215 Å². The summed E-state index contributed by atoms with van der Waals surface area (Å²) >= 11 is 11.4. The number of anilines is 2. The van der Waals surface area contributed by atoms with Crippen LogP contribution in [0.25, 0.3) is 0 Å². The zero-order valence-electron chi connectivity index (χ0n) is 17.9. The van der Waals surface area contributed by atoms with Gasteiger partial charge in [0, 0.05) is 12.1 Å². The van der Waals surface area contributed by atoms with Gasteiger partial charge < -0.3 is 18.9 Å². The van der Waals surface area contributed by atoms with E-state index in [1.54, 1.807) is 10.6 Å². The highest BCUT2D eigenvalue weighted by molar-refractivity contribution is 6.32. The minimum atomic E-state index is -4.87. The van der Waals surface area contributed by atoms with Crippen LogP contribution in [-0.2, 0) is 9.47 Å². The van der Waals surface area contributed by atoms with E-state index in [9.17, 15) is 49.5 Å². The van der Waals surface area contributed by atoms with E-state index < -0.39 is 88.5 Å². The maximum atomic E-state index is 14.0. The molecule has 2 amide bonds. The number of benzene rings is 2.